The van der Waals surface area contributed by atoms with E-state index in [-0.39, 0.29) is 18.3 Å². The van der Waals surface area contributed by atoms with Crippen LogP contribution in [0.2, 0.25) is 0 Å². The first-order chi connectivity index (χ1) is 10.2. The lowest BCUT2D eigenvalue weighted by Crippen LogP contribution is -2.48. The predicted molar refractivity (Wildman–Crippen MR) is 90.0 cm³/mol. The van der Waals surface area contributed by atoms with Crippen molar-refractivity contribution in [1.82, 2.24) is 10.2 Å². The number of amides is 1. The molecule has 3 aliphatic rings. The van der Waals surface area contributed by atoms with E-state index in [1.807, 2.05) is 18.0 Å². The van der Waals surface area contributed by atoms with Gasteiger partial charge in [0, 0.05) is 36.5 Å². The molecule has 2 fully saturated rings. The molecule has 1 amide bonds. The van der Waals surface area contributed by atoms with Crippen molar-refractivity contribution in [2.45, 2.75) is 56.8 Å². The van der Waals surface area contributed by atoms with E-state index < -0.39 is 0 Å². The molecule has 4 heterocycles. The van der Waals surface area contributed by atoms with Crippen molar-refractivity contribution in [3.05, 3.63) is 21.4 Å². The molecule has 0 radical (unpaired) electrons. The van der Waals surface area contributed by atoms with Crippen LogP contribution < -0.4 is 5.32 Å². The van der Waals surface area contributed by atoms with Crippen LogP contribution in [0.5, 0.6) is 0 Å². The normalized spacial score (nSPS) is 29.6. The van der Waals surface area contributed by atoms with Crippen LogP contribution in [0.3, 0.4) is 0 Å². The Labute approximate surface area is 141 Å². The van der Waals surface area contributed by atoms with Gasteiger partial charge in [-0.3, -0.25) is 4.79 Å². The fraction of sp³-hybridized carbons (Fsp3) is 0.688. The van der Waals surface area contributed by atoms with Crippen LogP contribution in [0.1, 0.15) is 45.8 Å². The quantitative estimate of drug-likeness (QED) is 0.898. The average Bonchev–Trinajstić information content (AvgIpc) is 3.08. The van der Waals surface area contributed by atoms with Crippen molar-refractivity contribution in [3.63, 3.8) is 0 Å². The first-order valence-corrected chi connectivity index (χ1v) is 8.75. The summed E-state index contributed by atoms with van der Waals surface area (Å²) in [6, 6.07) is 3.68. The molecule has 2 atom stereocenters. The summed E-state index contributed by atoms with van der Waals surface area (Å²) in [4.78, 5) is 17.0. The van der Waals surface area contributed by atoms with Crippen LogP contribution in [0.4, 0.5) is 0 Å². The summed E-state index contributed by atoms with van der Waals surface area (Å²) in [7, 11) is 1.98. The number of ether oxygens (including phenoxy) is 1. The van der Waals surface area contributed by atoms with Crippen molar-refractivity contribution >= 4 is 29.7 Å². The van der Waals surface area contributed by atoms with Gasteiger partial charge in [0.15, 0.2) is 0 Å². The zero-order valence-corrected chi connectivity index (χ0v) is 14.5. The number of hydrogen-bond donors (Lipinski definition) is 1. The minimum absolute atomic E-state index is 0. The number of thiophene rings is 1. The Hall–Kier alpha value is -0.620. The highest BCUT2D eigenvalue weighted by Gasteiger charge is 2.36. The van der Waals surface area contributed by atoms with Crippen molar-refractivity contribution in [1.29, 1.82) is 0 Å². The molecule has 6 heteroatoms. The molecule has 4 rings (SSSR count). The molecule has 2 unspecified atom stereocenters. The molecule has 122 valence electrons. The first-order valence-electron chi connectivity index (χ1n) is 7.93. The van der Waals surface area contributed by atoms with E-state index in [2.05, 4.69) is 5.32 Å². The van der Waals surface area contributed by atoms with Gasteiger partial charge in [-0.05, 0) is 37.3 Å². The molecular weight excluding hydrogens is 320 g/mol. The van der Waals surface area contributed by atoms with Gasteiger partial charge in [-0.2, -0.15) is 0 Å². The molecule has 4 nitrogen and oxygen atoms in total. The first kappa shape index (κ1) is 16.2. The minimum atomic E-state index is 0. The van der Waals surface area contributed by atoms with Crippen molar-refractivity contribution in [3.8, 4) is 0 Å². The van der Waals surface area contributed by atoms with E-state index in [0.717, 1.165) is 30.7 Å². The minimum Gasteiger partial charge on any atom is -0.376 e. The highest BCUT2D eigenvalue weighted by molar-refractivity contribution is 7.14. The maximum Gasteiger partial charge on any atom is 0.263 e. The maximum absolute atomic E-state index is 12.8. The monoisotopic (exact) mass is 342 g/mol. The van der Waals surface area contributed by atoms with Crippen LogP contribution in [0.15, 0.2) is 6.07 Å². The molecule has 2 bridgehead atoms. The molecule has 1 aromatic rings. The van der Waals surface area contributed by atoms with E-state index in [9.17, 15) is 4.79 Å². The molecule has 0 aromatic carbocycles. The fourth-order valence-electron chi connectivity index (χ4n) is 3.94. The SMILES string of the molecule is CN(C(=O)c1cc2c(s1)CCOC2)C1CC2CCC(C1)N2.Cl. The number of fused-ring (bicyclic) bond motifs is 3. The summed E-state index contributed by atoms with van der Waals surface area (Å²) in [5.41, 5.74) is 1.22. The second-order valence-corrected chi connectivity index (χ2v) is 7.68. The number of hydrogen-bond acceptors (Lipinski definition) is 4. The summed E-state index contributed by atoms with van der Waals surface area (Å²) in [6.45, 7) is 1.45. The van der Waals surface area contributed by atoms with Crippen LogP contribution in [-0.2, 0) is 17.8 Å². The Kier molecular flexibility index (Phi) is 4.78. The van der Waals surface area contributed by atoms with Crippen molar-refractivity contribution in [2.24, 2.45) is 0 Å². The number of nitrogens with one attached hydrogen (secondary N) is 1. The lowest BCUT2D eigenvalue weighted by atomic mass is 9.98. The van der Waals surface area contributed by atoms with Gasteiger partial charge < -0.3 is 15.0 Å². The smallest absolute Gasteiger partial charge is 0.263 e. The summed E-state index contributed by atoms with van der Waals surface area (Å²) in [6.07, 6.45) is 5.70. The van der Waals surface area contributed by atoms with Crippen molar-refractivity contribution in [2.75, 3.05) is 13.7 Å². The van der Waals surface area contributed by atoms with Gasteiger partial charge in [0.2, 0.25) is 0 Å². The second kappa shape index (κ2) is 6.48. The number of carbonyl (C=O) groups excluding carboxylic acids is 1. The highest BCUT2D eigenvalue weighted by atomic mass is 35.5. The van der Waals surface area contributed by atoms with Gasteiger partial charge in [0.1, 0.15) is 0 Å². The number of nitrogens with zero attached hydrogens (tertiary/aromatic N) is 1. The third-order valence-electron chi connectivity index (χ3n) is 5.15. The Bertz CT molecular complexity index is 527. The van der Waals surface area contributed by atoms with Gasteiger partial charge in [0.25, 0.3) is 5.91 Å². The molecular formula is C16H23ClN2O2S. The van der Waals surface area contributed by atoms with Gasteiger partial charge in [0.05, 0.1) is 18.1 Å². The zero-order valence-electron chi connectivity index (χ0n) is 12.8. The molecule has 0 aliphatic carbocycles. The Morgan fingerprint density at radius 2 is 2.09 bits per heavy atom. The summed E-state index contributed by atoms with van der Waals surface area (Å²) in [5.74, 6) is 0.195. The highest BCUT2D eigenvalue weighted by Crippen LogP contribution is 2.32. The predicted octanol–water partition coefficient (Wildman–Crippen LogP) is 2.60. The summed E-state index contributed by atoms with van der Waals surface area (Å²) in [5, 5.41) is 3.64. The zero-order chi connectivity index (χ0) is 14.4. The maximum atomic E-state index is 12.8. The molecule has 3 aliphatic heterocycles. The molecule has 1 aromatic heterocycles. The van der Waals surface area contributed by atoms with Crippen LogP contribution in [0, 0.1) is 0 Å². The van der Waals surface area contributed by atoms with Gasteiger partial charge in [-0.1, -0.05) is 0 Å². The van der Waals surface area contributed by atoms with Crippen LogP contribution in [-0.4, -0.2) is 42.6 Å². The van der Waals surface area contributed by atoms with Crippen LogP contribution >= 0.6 is 23.7 Å². The number of piperidine rings is 1. The van der Waals surface area contributed by atoms with E-state index in [0.29, 0.717) is 24.7 Å². The van der Waals surface area contributed by atoms with Crippen LogP contribution in [0.25, 0.3) is 0 Å². The topological polar surface area (TPSA) is 41.6 Å². The van der Waals surface area contributed by atoms with E-state index in [4.69, 9.17) is 4.74 Å². The lowest BCUT2D eigenvalue weighted by molar-refractivity contribution is 0.0686. The largest absolute Gasteiger partial charge is 0.376 e. The standard InChI is InChI=1S/C16H22N2O2S.ClH/c1-18(13-7-11-2-3-12(8-13)17-11)16(19)15-6-10-9-20-5-4-14(10)21-15;/h6,11-13,17H,2-5,7-9H2,1H3;1H. The number of carbonyl (C=O) groups is 1. The van der Waals surface area contributed by atoms with Crippen molar-refractivity contribution < 1.29 is 9.53 Å². The Balaban J connectivity index is 0.00000144. The molecule has 0 spiro atoms. The molecule has 0 saturated carbocycles. The Morgan fingerprint density at radius 3 is 2.77 bits per heavy atom. The summed E-state index contributed by atoms with van der Waals surface area (Å²) >= 11 is 1.67. The Morgan fingerprint density at radius 1 is 1.36 bits per heavy atom. The molecule has 22 heavy (non-hydrogen) atoms. The number of halogens is 1. The van der Waals surface area contributed by atoms with E-state index in [1.54, 1.807) is 11.3 Å². The average molecular weight is 343 g/mol. The third kappa shape index (κ3) is 2.92. The van der Waals surface area contributed by atoms with Gasteiger partial charge in [-0.25, -0.2) is 0 Å². The summed E-state index contributed by atoms with van der Waals surface area (Å²) < 4.78 is 5.48. The second-order valence-electron chi connectivity index (χ2n) is 6.54. The van der Waals surface area contributed by atoms with E-state index in [1.165, 1.54) is 23.3 Å². The molecule has 1 N–H and O–H groups in total. The molecule has 2 saturated heterocycles. The van der Waals surface area contributed by atoms with E-state index >= 15 is 0 Å². The third-order valence-corrected chi connectivity index (χ3v) is 6.38. The van der Waals surface area contributed by atoms with Gasteiger partial charge in [-0.15, -0.1) is 23.7 Å². The number of rotatable bonds is 2. The lowest BCUT2D eigenvalue weighted by Gasteiger charge is -2.35. The fourth-order valence-corrected chi connectivity index (χ4v) is 5.07. The van der Waals surface area contributed by atoms with Gasteiger partial charge >= 0.3 is 0 Å².